The van der Waals surface area contributed by atoms with Crippen LogP contribution in [0.4, 0.5) is 5.69 Å². The van der Waals surface area contributed by atoms with Gasteiger partial charge in [0, 0.05) is 17.7 Å². The standard InChI is InChI=1S/C25H22N4O8/c1-35-21-11-8-18(13-22(21)36-2)24(31)26-15-23(30)28-27-14-16-4-3-5-20(12-16)37-25(32)17-6-9-19(10-7-17)29(33)34/h3-14H,15H2,1-2H3,(H,26,31)(H,28,30)/b27-14+. The Morgan fingerprint density at radius 3 is 2.32 bits per heavy atom. The monoisotopic (exact) mass is 506 g/mol. The first kappa shape index (κ1) is 26.3. The number of rotatable bonds is 10. The topological polar surface area (TPSA) is 158 Å². The minimum Gasteiger partial charge on any atom is -0.493 e. The van der Waals surface area contributed by atoms with Crippen molar-refractivity contribution in [1.29, 1.82) is 0 Å². The minimum atomic E-state index is -0.692. The molecule has 37 heavy (non-hydrogen) atoms. The van der Waals surface area contributed by atoms with Crippen molar-refractivity contribution in [2.75, 3.05) is 20.8 Å². The van der Waals surface area contributed by atoms with Crippen LogP contribution in [0.25, 0.3) is 0 Å². The third-order valence-corrected chi connectivity index (χ3v) is 4.84. The van der Waals surface area contributed by atoms with Gasteiger partial charge in [-0.2, -0.15) is 5.10 Å². The molecule has 0 saturated heterocycles. The van der Waals surface area contributed by atoms with Gasteiger partial charge in [0.15, 0.2) is 11.5 Å². The molecule has 190 valence electrons. The van der Waals surface area contributed by atoms with E-state index in [0.29, 0.717) is 17.1 Å². The zero-order valence-corrected chi connectivity index (χ0v) is 19.8. The lowest BCUT2D eigenvalue weighted by Crippen LogP contribution is -2.34. The van der Waals surface area contributed by atoms with Crippen molar-refractivity contribution in [2.45, 2.75) is 0 Å². The molecule has 0 saturated carbocycles. The molecule has 0 radical (unpaired) electrons. The lowest BCUT2D eigenvalue weighted by molar-refractivity contribution is -0.384. The second-order valence-electron chi connectivity index (χ2n) is 7.31. The van der Waals surface area contributed by atoms with Crippen LogP contribution < -0.4 is 25.0 Å². The molecule has 3 aromatic rings. The number of methoxy groups -OCH3 is 2. The lowest BCUT2D eigenvalue weighted by atomic mass is 10.2. The van der Waals surface area contributed by atoms with Crippen molar-refractivity contribution in [1.82, 2.24) is 10.7 Å². The first-order valence-corrected chi connectivity index (χ1v) is 10.7. The summed E-state index contributed by atoms with van der Waals surface area (Å²) in [6, 6.07) is 16.0. The van der Waals surface area contributed by atoms with E-state index in [1.807, 2.05) is 0 Å². The number of hydrogen-bond acceptors (Lipinski definition) is 9. The summed E-state index contributed by atoms with van der Waals surface area (Å²) in [5, 5.41) is 17.0. The van der Waals surface area contributed by atoms with Gasteiger partial charge < -0.3 is 19.5 Å². The van der Waals surface area contributed by atoms with Crippen molar-refractivity contribution in [3.63, 3.8) is 0 Å². The van der Waals surface area contributed by atoms with Crippen LogP contribution in [0.2, 0.25) is 0 Å². The normalized spacial score (nSPS) is 10.4. The highest BCUT2D eigenvalue weighted by Gasteiger charge is 2.13. The van der Waals surface area contributed by atoms with Crippen LogP contribution >= 0.6 is 0 Å². The van der Waals surface area contributed by atoms with E-state index >= 15 is 0 Å². The largest absolute Gasteiger partial charge is 0.493 e. The van der Waals surface area contributed by atoms with E-state index in [9.17, 15) is 24.5 Å². The van der Waals surface area contributed by atoms with Crippen LogP contribution in [-0.4, -0.2) is 49.7 Å². The van der Waals surface area contributed by atoms with Crippen molar-refractivity contribution in [3.8, 4) is 17.2 Å². The fraction of sp³-hybridized carbons (Fsp3) is 0.120. The van der Waals surface area contributed by atoms with Gasteiger partial charge in [-0.3, -0.25) is 19.7 Å². The quantitative estimate of drug-likeness (QED) is 0.140. The van der Waals surface area contributed by atoms with Crippen LogP contribution in [0, 0.1) is 10.1 Å². The Bertz CT molecular complexity index is 1340. The fourth-order valence-electron chi connectivity index (χ4n) is 3.00. The highest BCUT2D eigenvalue weighted by Crippen LogP contribution is 2.27. The van der Waals surface area contributed by atoms with Crippen LogP contribution in [0.15, 0.2) is 71.8 Å². The molecule has 0 aromatic heterocycles. The van der Waals surface area contributed by atoms with Crippen molar-refractivity contribution in [3.05, 3.63) is 93.5 Å². The number of ether oxygens (including phenoxy) is 3. The van der Waals surface area contributed by atoms with Crippen molar-refractivity contribution >= 4 is 29.7 Å². The van der Waals surface area contributed by atoms with Gasteiger partial charge in [-0.15, -0.1) is 0 Å². The highest BCUT2D eigenvalue weighted by molar-refractivity contribution is 5.97. The summed E-state index contributed by atoms with van der Waals surface area (Å²) in [6.07, 6.45) is 1.33. The summed E-state index contributed by atoms with van der Waals surface area (Å²) < 4.78 is 15.6. The third-order valence-electron chi connectivity index (χ3n) is 4.84. The molecule has 0 bridgehead atoms. The lowest BCUT2D eigenvalue weighted by Gasteiger charge is -2.09. The Morgan fingerprint density at radius 2 is 1.65 bits per heavy atom. The number of nitro benzene ring substituents is 1. The van der Waals surface area contributed by atoms with Gasteiger partial charge in [0.25, 0.3) is 17.5 Å². The summed E-state index contributed by atoms with van der Waals surface area (Å²) in [5.74, 6) is -0.682. The molecule has 3 aromatic carbocycles. The molecule has 0 aliphatic heterocycles. The van der Waals surface area contributed by atoms with Crippen molar-refractivity contribution in [2.24, 2.45) is 5.10 Å². The Morgan fingerprint density at radius 1 is 0.946 bits per heavy atom. The first-order chi connectivity index (χ1) is 17.8. The van der Waals surface area contributed by atoms with Crippen LogP contribution in [0.1, 0.15) is 26.3 Å². The summed E-state index contributed by atoms with van der Waals surface area (Å²) in [4.78, 5) is 46.8. The number of carbonyl (C=O) groups excluding carboxylic acids is 3. The Labute approximate surface area is 211 Å². The summed E-state index contributed by atoms with van der Waals surface area (Å²) >= 11 is 0. The molecule has 12 heteroatoms. The van der Waals surface area contributed by atoms with E-state index in [4.69, 9.17) is 14.2 Å². The third kappa shape index (κ3) is 7.36. The molecule has 2 amide bonds. The van der Waals surface area contributed by atoms with Crippen LogP contribution in [-0.2, 0) is 4.79 Å². The predicted octanol–water partition coefficient (Wildman–Crippen LogP) is 2.71. The van der Waals surface area contributed by atoms with Gasteiger partial charge in [-0.05, 0) is 48.0 Å². The smallest absolute Gasteiger partial charge is 0.343 e. The molecule has 0 aliphatic rings. The molecule has 0 spiro atoms. The maximum atomic E-state index is 12.3. The van der Waals surface area contributed by atoms with Gasteiger partial charge in [-0.1, -0.05) is 12.1 Å². The number of non-ortho nitro benzene ring substituents is 1. The van der Waals surface area contributed by atoms with E-state index in [2.05, 4.69) is 15.8 Å². The van der Waals surface area contributed by atoms with Gasteiger partial charge in [0.2, 0.25) is 0 Å². The second kappa shape index (κ2) is 12.4. The predicted molar refractivity (Wildman–Crippen MR) is 132 cm³/mol. The maximum absolute atomic E-state index is 12.3. The average molecular weight is 506 g/mol. The van der Waals surface area contributed by atoms with E-state index in [1.165, 1.54) is 62.9 Å². The SMILES string of the molecule is COc1ccc(C(=O)NCC(=O)N/N=C/c2cccc(OC(=O)c3ccc([N+](=O)[O-])cc3)c2)cc1OC. The molecule has 0 aliphatic carbocycles. The molecule has 0 atom stereocenters. The Hall–Kier alpha value is -5.26. The van der Waals surface area contributed by atoms with Gasteiger partial charge >= 0.3 is 5.97 Å². The van der Waals surface area contributed by atoms with Gasteiger partial charge in [0.05, 0.1) is 37.5 Å². The number of esters is 1. The van der Waals surface area contributed by atoms with E-state index in [1.54, 1.807) is 24.3 Å². The molecule has 0 unspecified atom stereocenters. The molecule has 0 heterocycles. The summed E-state index contributed by atoms with van der Waals surface area (Å²) in [7, 11) is 2.93. The number of carbonyl (C=O) groups is 3. The zero-order valence-electron chi connectivity index (χ0n) is 19.8. The highest BCUT2D eigenvalue weighted by atomic mass is 16.6. The maximum Gasteiger partial charge on any atom is 0.343 e. The molecule has 12 nitrogen and oxygen atoms in total. The number of nitro groups is 1. The Kier molecular flexibility index (Phi) is 8.86. The van der Waals surface area contributed by atoms with E-state index in [-0.39, 0.29) is 29.1 Å². The second-order valence-corrected chi connectivity index (χ2v) is 7.31. The number of nitrogens with one attached hydrogen (secondary N) is 2. The number of nitrogens with zero attached hydrogens (tertiary/aromatic N) is 2. The zero-order chi connectivity index (χ0) is 26.8. The van der Waals surface area contributed by atoms with Crippen molar-refractivity contribution < 1.29 is 33.5 Å². The molecular weight excluding hydrogens is 484 g/mol. The molecule has 3 rings (SSSR count). The minimum absolute atomic E-state index is 0.141. The molecule has 2 N–H and O–H groups in total. The average Bonchev–Trinajstić information content (AvgIpc) is 2.91. The van der Waals surface area contributed by atoms with E-state index < -0.39 is 22.7 Å². The molecule has 0 fully saturated rings. The van der Waals surface area contributed by atoms with Gasteiger partial charge in [0.1, 0.15) is 5.75 Å². The fourth-order valence-corrected chi connectivity index (χ4v) is 3.00. The first-order valence-electron chi connectivity index (χ1n) is 10.7. The van der Waals surface area contributed by atoms with E-state index in [0.717, 1.165) is 0 Å². The summed E-state index contributed by atoms with van der Waals surface area (Å²) in [6.45, 7) is -0.322. The summed E-state index contributed by atoms with van der Waals surface area (Å²) in [5.41, 5.74) is 3.10. The molecular formula is C25H22N4O8. The Balaban J connectivity index is 1.51. The number of hydrazone groups is 1. The van der Waals surface area contributed by atoms with Crippen LogP contribution in [0.3, 0.4) is 0 Å². The van der Waals surface area contributed by atoms with Gasteiger partial charge in [-0.25, -0.2) is 10.2 Å². The number of hydrogen-bond donors (Lipinski definition) is 2. The number of benzene rings is 3. The number of amides is 2. The van der Waals surface area contributed by atoms with Crippen LogP contribution in [0.5, 0.6) is 17.2 Å².